The van der Waals surface area contributed by atoms with Gasteiger partial charge in [0.1, 0.15) is 0 Å². The molecule has 0 saturated carbocycles. The van der Waals surface area contributed by atoms with E-state index in [1.165, 1.54) is 0 Å². The Morgan fingerprint density at radius 3 is 2.25 bits per heavy atom. The summed E-state index contributed by atoms with van der Waals surface area (Å²) in [5.74, 6) is 0.0897. The highest BCUT2D eigenvalue weighted by Crippen LogP contribution is 2.15. The van der Waals surface area contributed by atoms with Gasteiger partial charge in [-0.1, -0.05) is 36.4 Å². The third kappa shape index (κ3) is 2.31. The van der Waals surface area contributed by atoms with Crippen molar-refractivity contribution in [1.29, 1.82) is 0 Å². The highest BCUT2D eigenvalue weighted by Gasteiger charge is 2.00. The molecule has 0 unspecified atom stereocenters. The number of halogens is 1. The number of allylic oxidation sites excluding steroid dienone is 1. The molecule has 0 aliphatic carbocycles. The third-order valence-corrected chi connectivity index (χ3v) is 2.10. The molecular formula is C13H10FN2. The van der Waals surface area contributed by atoms with Gasteiger partial charge in [0, 0.05) is 5.56 Å². The Kier molecular flexibility index (Phi) is 3.05. The third-order valence-electron chi connectivity index (χ3n) is 2.10. The largest absolute Gasteiger partial charge is 0.233 e. The normalized spacial score (nSPS) is 10.9. The van der Waals surface area contributed by atoms with E-state index in [4.69, 9.17) is 0 Å². The van der Waals surface area contributed by atoms with Gasteiger partial charge in [-0.2, -0.15) is 0 Å². The van der Waals surface area contributed by atoms with Crippen molar-refractivity contribution in [3.63, 3.8) is 0 Å². The SMILES string of the molecule is [CH2]/C=C/c1ccc(-c2ncc(F)cn2)cc1. The molecule has 2 rings (SSSR count). The number of aromatic nitrogens is 2. The maximum absolute atomic E-state index is 12.6. The van der Waals surface area contributed by atoms with Crippen LogP contribution in [0.5, 0.6) is 0 Å². The van der Waals surface area contributed by atoms with Crippen molar-refractivity contribution >= 4 is 6.08 Å². The first-order chi connectivity index (χ1) is 7.79. The Labute approximate surface area is 93.5 Å². The zero-order valence-electron chi connectivity index (χ0n) is 8.60. The first-order valence-electron chi connectivity index (χ1n) is 4.83. The Balaban J connectivity index is 2.31. The maximum Gasteiger partial charge on any atom is 0.159 e. The molecule has 0 bridgehead atoms. The number of hydrogen-bond acceptors (Lipinski definition) is 2. The average Bonchev–Trinajstić information content (AvgIpc) is 2.32. The van der Waals surface area contributed by atoms with Crippen LogP contribution in [0.25, 0.3) is 17.5 Å². The zero-order chi connectivity index (χ0) is 11.4. The smallest absolute Gasteiger partial charge is 0.159 e. The van der Waals surface area contributed by atoms with Gasteiger partial charge >= 0.3 is 0 Å². The van der Waals surface area contributed by atoms with Crippen LogP contribution in [0.1, 0.15) is 5.56 Å². The van der Waals surface area contributed by atoms with E-state index in [0.717, 1.165) is 23.5 Å². The number of nitrogens with zero attached hydrogens (tertiary/aromatic N) is 2. The summed E-state index contributed by atoms with van der Waals surface area (Å²) < 4.78 is 12.6. The summed E-state index contributed by atoms with van der Waals surface area (Å²) in [6.07, 6.45) is 5.94. The zero-order valence-corrected chi connectivity index (χ0v) is 8.60. The summed E-state index contributed by atoms with van der Waals surface area (Å²) in [5, 5.41) is 0. The highest BCUT2D eigenvalue weighted by atomic mass is 19.1. The van der Waals surface area contributed by atoms with Crippen LogP contribution in [0, 0.1) is 12.7 Å². The topological polar surface area (TPSA) is 25.8 Å². The van der Waals surface area contributed by atoms with Gasteiger partial charge in [0.15, 0.2) is 11.6 Å². The fourth-order valence-electron chi connectivity index (χ4n) is 1.34. The second-order valence-electron chi connectivity index (χ2n) is 3.25. The summed E-state index contributed by atoms with van der Waals surface area (Å²) >= 11 is 0. The molecule has 1 aromatic heterocycles. The lowest BCUT2D eigenvalue weighted by molar-refractivity contribution is 0.614. The van der Waals surface area contributed by atoms with Gasteiger partial charge in [0.25, 0.3) is 0 Å². The molecule has 0 atom stereocenters. The van der Waals surface area contributed by atoms with E-state index in [1.54, 1.807) is 6.08 Å². The van der Waals surface area contributed by atoms with Crippen molar-refractivity contribution in [1.82, 2.24) is 9.97 Å². The van der Waals surface area contributed by atoms with Gasteiger partial charge in [0.05, 0.1) is 12.4 Å². The maximum atomic E-state index is 12.6. The summed E-state index contributed by atoms with van der Waals surface area (Å²) in [4.78, 5) is 7.82. The molecule has 2 aromatic rings. The quantitative estimate of drug-likeness (QED) is 0.765. The lowest BCUT2D eigenvalue weighted by Gasteiger charge is -2.00. The van der Waals surface area contributed by atoms with Gasteiger partial charge in [-0.25, -0.2) is 14.4 Å². The molecule has 0 aliphatic rings. The van der Waals surface area contributed by atoms with Crippen LogP contribution in [0.2, 0.25) is 0 Å². The monoisotopic (exact) mass is 213 g/mol. The van der Waals surface area contributed by atoms with Gasteiger partial charge in [0.2, 0.25) is 0 Å². The van der Waals surface area contributed by atoms with Crippen molar-refractivity contribution in [3.05, 3.63) is 61.0 Å². The summed E-state index contributed by atoms with van der Waals surface area (Å²) in [6, 6.07) is 7.65. The molecule has 0 spiro atoms. The summed E-state index contributed by atoms with van der Waals surface area (Å²) in [5.41, 5.74) is 1.92. The first kappa shape index (κ1) is 10.5. The van der Waals surface area contributed by atoms with Crippen LogP contribution >= 0.6 is 0 Å². The molecule has 1 radical (unpaired) electrons. The molecule has 79 valence electrons. The predicted molar refractivity (Wildman–Crippen MR) is 61.8 cm³/mol. The van der Waals surface area contributed by atoms with Crippen molar-refractivity contribution in [3.8, 4) is 11.4 Å². The van der Waals surface area contributed by atoms with E-state index < -0.39 is 5.82 Å². The number of benzene rings is 1. The Hall–Kier alpha value is -2.03. The minimum atomic E-state index is -0.430. The fourth-order valence-corrected chi connectivity index (χ4v) is 1.34. The minimum absolute atomic E-state index is 0.430. The van der Waals surface area contributed by atoms with Crippen LogP contribution in [0.3, 0.4) is 0 Å². The Morgan fingerprint density at radius 1 is 1.06 bits per heavy atom. The molecule has 0 fully saturated rings. The van der Waals surface area contributed by atoms with Crippen molar-refractivity contribution in [2.75, 3.05) is 0 Å². The molecule has 0 saturated heterocycles. The molecule has 16 heavy (non-hydrogen) atoms. The van der Waals surface area contributed by atoms with Crippen molar-refractivity contribution < 1.29 is 4.39 Å². The van der Waals surface area contributed by atoms with E-state index in [2.05, 4.69) is 16.9 Å². The fraction of sp³-hybridized carbons (Fsp3) is 0. The highest BCUT2D eigenvalue weighted by molar-refractivity contribution is 5.59. The molecule has 1 aromatic carbocycles. The standard InChI is InChI=1S/C13H10FN2/c1-2-3-10-4-6-11(7-5-10)13-15-8-12(14)9-16-13/h2-9H,1H2/b3-2+. The van der Waals surface area contributed by atoms with Gasteiger partial charge < -0.3 is 0 Å². The van der Waals surface area contributed by atoms with Gasteiger partial charge in [-0.05, 0) is 12.5 Å². The molecule has 2 nitrogen and oxygen atoms in total. The van der Waals surface area contributed by atoms with E-state index >= 15 is 0 Å². The molecule has 0 amide bonds. The van der Waals surface area contributed by atoms with Gasteiger partial charge in [-0.3, -0.25) is 0 Å². The lowest BCUT2D eigenvalue weighted by Crippen LogP contribution is -1.89. The number of rotatable bonds is 2. The second-order valence-corrected chi connectivity index (χ2v) is 3.25. The molecular weight excluding hydrogens is 203 g/mol. The van der Waals surface area contributed by atoms with E-state index in [9.17, 15) is 4.39 Å². The summed E-state index contributed by atoms with van der Waals surface area (Å²) in [7, 11) is 0. The minimum Gasteiger partial charge on any atom is -0.233 e. The van der Waals surface area contributed by atoms with Crippen molar-refractivity contribution in [2.45, 2.75) is 0 Å². The van der Waals surface area contributed by atoms with E-state index in [0.29, 0.717) is 5.82 Å². The van der Waals surface area contributed by atoms with Crippen molar-refractivity contribution in [2.24, 2.45) is 0 Å². The van der Waals surface area contributed by atoms with E-state index in [1.807, 2.05) is 30.3 Å². The Morgan fingerprint density at radius 2 is 1.69 bits per heavy atom. The lowest BCUT2D eigenvalue weighted by atomic mass is 10.1. The molecule has 3 heteroatoms. The van der Waals surface area contributed by atoms with Crippen LogP contribution in [0.15, 0.2) is 42.7 Å². The Bertz CT molecular complexity index is 486. The molecule has 0 aliphatic heterocycles. The molecule has 1 heterocycles. The van der Waals surface area contributed by atoms with Crippen LogP contribution < -0.4 is 0 Å². The first-order valence-corrected chi connectivity index (χ1v) is 4.83. The van der Waals surface area contributed by atoms with Crippen LogP contribution in [-0.4, -0.2) is 9.97 Å². The second kappa shape index (κ2) is 4.66. The van der Waals surface area contributed by atoms with Crippen LogP contribution in [-0.2, 0) is 0 Å². The van der Waals surface area contributed by atoms with E-state index in [-0.39, 0.29) is 0 Å². The number of hydrogen-bond donors (Lipinski definition) is 0. The molecule has 0 N–H and O–H groups in total. The van der Waals surface area contributed by atoms with Gasteiger partial charge in [-0.15, -0.1) is 0 Å². The average molecular weight is 213 g/mol. The van der Waals surface area contributed by atoms with Crippen LogP contribution in [0.4, 0.5) is 4.39 Å². The summed E-state index contributed by atoms with van der Waals surface area (Å²) in [6.45, 7) is 3.62. The predicted octanol–water partition coefficient (Wildman–Crippen LogP) is 3.13.